The van der Waals surface area contributed by atoms with Gasteiger partial charge in [0.1, 0.15) is 11.4 Å². The zero-order chi connectivity index (χ0) is 17.6. The van der Waals surface area contributed by atoms with Crippen molar-refractivity contribution >= 4 is 34.6 Å². The van der Waals surface area contributed by atoms with Gasteiger partial charge in [0, 0.05) is 16.4 Å². The monoisotopic (exact) mass is 353 g/mol. The molecule has 3 rings (SSSR count). The van der Waals surface area contributed by atoms with Crippen molar-refractivity contribution in [2.45, 2.75) is 0 Å². The fourth-order valence-electron chi connectivity index (χ4n) is 2.20. The van der Waals surface area contributed by atoms with E-state index in [1.807, 2.05) is 18.2 Å². The van der Waals surface area contributed by atoms with Gasteiger partial charge in [0.05, 0.1) is 19.0 Å². The first-order valence-corrected chi connectivity index (χ1v) is 7.96. The molecule has 0 saturated heterocycles. The molecule has 2 N–H and O–H groups in total. The van der Waals surface area contributed by atoms with Crippen LogP contribution < -0.4 is 15.4 Å². The summed E-state index contributed by atoms with van der Waals surface area (Å²) in [6, 6.07) is 17.9. The Kier molecular flexibility index (Phi) is 5.16. The SMILES string of the molecule is COc1ccc(NC(=O)c2ccc(Nc3cccc(Cl)c3)cn2)cc1. The minimum atomic E-state index is -0.278. The fourth-order valence-corrected chi connectivity index (χ4v) is 2.39. The normalized spacial score (nSPS) is 10.2. The number of rotatable bonds is 5. The summed E-state index contributed by atoms with van der Waals surface area (Å²) in [6.45, 7) is 0. The van der Waals surface area contributed by atoms with E-state index in [1.54, 1.807) is 55.8 Å². The number of pyridine rings is 1. The van der Waals surface area contributed by atoms with Crippen molar-refractivity contribution in [2.24, 2.45) is 0 Å². The number of hydrogen-bond acceptors (Lipinski definition) is 4. The lowest BCUT2D eigenvalue weighted by Gasteiger charge is -2.08. The minimum Gasteiger partial charge on any atom is -0.497 e. The Bertz CT molecular complexity index is 865. The number of nitrogens with one attached hydrogen (secondary N) is 2. The molecule has 2 aromatic carbocycles. The number of benzene rings is 2. The molecule has 3 aromatic rings. The van der Waals surface area contributed by atoms with Crippen molar-refractivity contribution in [2.75, 3.05) is 17.7 Å². The molecule has 0 aliphatic carbocycles. The summed E-state index contributed by atoms with van der Waals surface area (Å²) in [7, 11) is 1.59. The van der Waals surface area contributed by atoms with Crippen LogP contribution in [-0.2, 0) is 0 Å². The molecule has 0 atom stereocenters. The highest BCUT2D eigenvalue weighted by molar-refractivity contribution is 6.30. The average Bonchev–Trinajstić information content (AvgIpc) is 2.63. The van der Waals surface area contributed by atoms with Crippen molar-refractivity contribution in [1.82, 2.24) is 4.98 Å². The molecule has 0 aliphatic rings. The number of methoxy groups -OCH3 is 1. The van der Waals surface area contributed by atoms with E-state index >= 15 is 0 Å². The highest BCUT2D eigenvalue weighted by Gasteiger charge is 2.08. The summed E-state index contributed by atoms with van der Waals surface area (Å²) in [4.78, 5) is 16.4. The van der Waals surface area contributed by atoms with E-state index in [9.17, 15) is 4.79 Å². The number of aromatic nitrogens is 1. The predicted octanol–water partition coefficient (Wildman–Crippen LogP) is 4.74. The van der Waals surface area contributed by atoms with Gasteiger partial charge < -0.3 is 15.4 Å². The van der Waals surface area contributed by atoms with Gasteiger partial charge in [-0.3, -0.25) is 4.79 Å². The van der Waals surface area contributed by atoms with Crippen molar-refractivity contribution in [3.8, 4) is 5.75 Å². The smallest absolute Gasteiger partial charge is 0.274 e. The largest absolute Gasteiger partial charge is 0.497 e. The Morgan fingerprint density at radius 1 is 1.00 bits per heavy atom. The van der Waals surface area contributed by atoms with Crippen LogP contribution >= 0.6 is 11.6 Å². The first-order chi connectivity index (χ1) is 12.1. The third-order valence-corrected chi connectivity index (χ3v) is 3.69. The molecule has 1 amide bonds. The van der Waals surface area contributed by atoms with Crippen LogP contribution in [0.4, 0.5) is 17.1 Å². The number of nitrogens with zero attached hydrogens (tertiary/aromatic N) is 1. The Hall–Kier alpha value is -3.05. The number of anilines is 3. The third-order valence-electron chi connectivity index (χ3n) is 3.46. The number of carbonyl (C=O) groups excluding carboxylic acids is 1. The van der Waals surface area contributed by atoms with Crippen molar-refractivity contribution < 1.29 is 9.53 Å². The average molecular weight is 354 g/mol. The fraction of sp³-hybridized carbons (Fsp3) is 0.0526. The summed E-state index contributed by atoms with van der Waals surface area (Å²) in [6.07, 6.45) is 1.60. The molecule has 0 aliphatic heterocycles. The van der Waals surface area contributed by atoms with E-state index in [4.69, 9.17) is 16.3 Å². The summed E-state index contributed by atoms with van der Waals surface area (Å²) in [5, 5.41) is 6.62. The Morgan fingerprint density at radius 2 is 1.76 bits per heavy atom. The van der Waals surface area contributed by atoms with Crippen LogP contribution in [0.15, 0.2) is 66.9 Å². The van der Waals surface area contributed by atoms with Gasteiger partial charge in [0.2, 0.25) is 0 Å². The molecule has 0 radical (unpaired) electrons. The molecule has 1 aromatic heterocycles. The molecular formula is C19H16ClN3O2. The van der Waals surface area contributed by atoms with Crippen molar-refractivity contribution in [3.05, 3.63) is 77.6 Å². The van der Waals surface area contributed by atoms with E-state index < -0.39 is 0 Å². The second-order valence-electron chi connectivity index (χ2n) is 5.25. The zero-order valence-corrected chi connectivity index (χ0v) is 14.2. The lowest BCUT2D eigenvalue weighted by molar-refractivity contribution is 0.102. The Balaban J connectivity index is 1.65. The maximum Gasteiger partial charge on any atom is 0.274 e. The molecule has 0 spiro atoms. The third kappa shape index (κ3) is 4.49. The number of carbonyl (C=O) groups is 1. The van der Waals surface area contributed by atoms with Crippen LogP contribution in [-0.4, -0.2) is 18.0 Å². The molecule has 25 heavy (non-hydrogen) atoms. The molecule has 0 fully saturated rings. The summed E-state index contributed by atoms with van der Waals surface area (Å²) < 4.78 is 5.09. The molecule has 1 heterocycles. The molecule has 5 nitrogen and oxygen atoms in total. The van der Waals surface area contributed by atoms with Gasteiger partial charge in [-0.1, -0.05) is 17.7 Å². The van der Waals surface area contributed by atoms with Gasteiger partial charge in [-0.15, -0.1) is 0 Å². The number of halogens is 1. The quantitative estimate of drug-likeness (QED) is 0.695. The summed E-state index contributed by atoms with van der Waals surface area (Å²) in [5.74, 6) is 0.451. The topological polar surface area (TPSA) is 63.2 Å². The van der Waals surface area contributed by atoms with E-state index in [2.05, 4.69) is 15.6 Å². The van der Waals surface area contributed by atoms with Gasteiger partial charge in [-0.05, 0) is 54.6 Å². The highest BCUT2D eigenvalue weighted by atomic mass is 35.5. The Labute approximate surface area is 150 Å². The molecule has 0 saturated carbocycles. The van der Waals surface area contributed by atoms with Gasteiger partial charge in [-0.25, -0.2) is 4.98 Å². The van der Waals surface area contributed by atoms with Crippen LogP contribution in [0.2, 0.25) is 5.02 Å². The van der Waals surface area contributed by atoms with E-state index in [0.717, 1.165) is 17.1 Å². The standard InChI is InChI=1S/C19H16ClN3O2/c1-25-17-8-5-14(6-9-17)23-19(24)18-10-7-16(12-21-18)22-15-4-2-3-13(20)11-15/h2-12,22H,1H3,(H,23,24). The molecule has 6 heteroatoms. The summed E-state index contributed by atoms with van der Waals surface area (Å²) >= 11 is 5.96. The van der Waals surface area contributed by atoms with Crippen LogP contribution in [0.25, 0.3) is 0 Å². The van der Waals surface area contributed by atoms with Crippen LogP contribution in [0, 0.1) is 0 Å². The first-order valence-electron chi connectivity index (χ1n) is 7.58. The molecule has 126 valence electrons. The van der Waals surface area contributed by atoms with Crippen LogP contribution in [0.1, 0.15) is 10.5 Å². The second-order valence-corrected chi connectivity index (χ2v) is 5.69. The van der Waals surface area contributed by atoms with Gasteiger partial charge in [0.25, 0.3) is 5.91 Å². The highest BCUT2D eigenvalue weighted by Crippen LogP contribution is 2.20. The lowest BCUT2D eigenvalue weighted by Crippen LogP contribution is -2.13. The predicted molar refractivity (Wildman–Crippen MR) is 99.9 cm³/mol. The zero-order valence-electron chi connectivity index (χ0n) is 13.5. The van der Waals surface area contributed by atoms with E-state index in [1.165, 1.54) is 0 Å². The number of hydrogen-bond donors (Lipinski definition) is 2. The second kappa shape index (κ2) is 7.68. The number of ether oxygens (including phenoxy) is 1. The first kappa shape index (κ1) is 16.8. The van der Waals surface area contributed by atoms with Gasteiger partial charge >= 0.3 is 0 Å². The van der Waals surface area contributed by atoms with Gasteiger partial charge in [-0.2, -0.15) is 0 Å². The maximum atomic E-state index is 12.2. The minimum absolute atomic E-state index is 0.278. The maximum absolute atomic E-state index is 12.2. The molecule has 0 unspecified atom stereocenters. The van der Waals surface area contributed by atoms with E-state index in [0.29, 0.717) is 16.4 Å². The van der Waals surface area contributed by atoms with E-state index in [-0.39, 0.29) is 5.91 Å². The molecular weight excluding hydrogens is 338 g/mol. The lowest BCUT2D eigenvalue weighted by atomic mass is 10.2. The van der Waals surface area contributed by atoms with Crippen LogP contribution in [0.3, 0.4) is 0 Å². The van der Waals surface area contributed by atoms with Crippen LogP contribution in [0.5, 0.6) is 5.75 Å². The molecule has 0 bridgehead atoms. The summed E-state index contributed by atoms with van der Waals surface area (Å²) in [5.41, 5.74) is 2.62. The van der Waals surface area contributed by atoms with Crippen molar-refractivity contribution in [1.29, 1.82) is 0 Å². The van der Waals surface area contributed by atoms with Gasteiger partial charge in [0.15, 0.2) is 0 Å². The van der Waals surface area contributed by atoms with Crippen molar-refractivity contribution in [3.63, 3.8) is 0 Å². The number of amides is 1. The Morgan fingerprint density at radius 3 is 2.40 bits per heavy atom.